The number of nitrogens with one attached hydrogen (secondary N) is 1. The van der Waals surface area contributed by atoms with Gasteiger partial charge in [0.15, 0.2) is 0 Å². The summed E-state index contributed by atoms with van der Waals surface area (Å²) in [5.74, 6) is 5.80. The number of hydrogen-bond acceptors (Lipinski definition) is 2. The monoisotopic (exact) mass is 198 g/mol. The second-order valence-corrected chi connectivity index (χ2v) is 3.26. The molecule has 1 aromatic rings. The van der Waals surface area contributed by atoms with Gasteiger partial charge in [-0.2, -0.15) is 5.26 Å². The van der Waals surface area contributed by atoms with Crippen LogP contribution in [0.4, 0.5) is 0 Å². The molecule has 0 aliphatic carbocycles. The molecule has 0 aliphatic heterocycles. The van der Waals surface area contributed by atoms with Gasteiger partial charge in [-0.15, -0.1) is 5.92 Å². The van der Waals surface area contributed by atoms with Gasteiger partial charge in [0.05, 0.1) is 18.2 Å². The van der Waals surface area contributed by atoms with Gasteiger partial charge in [-0.25, -0.2) is 0 Å². The van der Waals surface area contributed by atoms with Crippen LogP contribution < -0.4 is 5.32 Å². The van der Waals surface area contributed by atoms with E-state index in [9.17, 15) is 0 Å². The quantitative estimate of drug-likeness (QED) is 0.756. The molecule has 0 spiro atoms. The Hall–Kier alpha value is -1.77. The van der Waals surface area contributed by atoms with Crippen LogP contribution in [0, 0.1) is 23.2 Å². The molecule has 1 rings (SSSR count). The van der Waals surface area contributed by atoms with Crippen molar-refractivity contribution in [2.24, 2.45) is 0 Å². The van der Waals surface area contributed by atoms with E-state index in [4.69, 9.17) is 5.26 Å². The van der Waals surface area contributed by atoms with Crippen LogP contribution in [0.15, 0.2) is 24.3 Å². The van der Waals surface area contributed by atoms with E-state index in [0.29, 0.717) is 12.1 Å². The Balaban J connectivity index is 2.61. The van der Waals surface area contributed by atoms with Crippen LogP contribution in [0.5, 0.6) is 0 Å². The van der Waals surface area contributed by atoms with Crippen LogP contribution in [-0.2, 0) is 0 Å². The van der Waals surface area contributed by atoms with Crippen molar-refractivity contribution < 1.29 is 0 Å². The van der Waals surface area contributed by atoms with E-state index < -0.39 is 0 Å². The molecule has 1 atom stereocenters. The zero-order valence-electron chi connectivity index (χ0n) is 9.04. The van der Waals surface area contributed by atoms with Crippen LogP contribution in [0.25, 0.3) is 0 Å². The Bertz CT molecular complexity index is 401. The summed E-state index contributed by atoms with van der Waals surface area (Å²) in [6.07, 6.45) is 0. The molecule has 0 saturated carbocycles. The third-order valence-corrected chi connectivity index (χ3v) is 2.21. The number of nitriles is 1. The van der Waals surface area contributed by atoms with Gasteiger partial charge >= 0.3 is 0 Å². The minimum absolute atomic E-state index is 0.263. The van der Waals surface area contributed by atoms with E-state index in [0.717, 1.165) is 0 Å². The Kier molecular flexibility index (Phi) is 4.41. The fourth-order valence-corrected chi connectivity index (χ4v) is 1.26. The first-order valence-corrected chi connectivity index (χ1v) is 4.91. The Morgan fingerprint density at radius 2 is 2.00 bits per heavy atom. The second-order valence-electron chi connectivity index (χ2n) is 3.26. The lowest BCUT2D eigenvalue weighted by molar-refractivity contribution is 0.623. The summed E-state index contributed by atoms with van der Waals surface area (Å²) in [4.78, 5) is 0. The van der Waals surface area contributed by atoms with Gasteiger partial charge in [-0.1, -0.05) is 18.1 Å². The van der Waals surface area contributed by atoms with E-state index >= 15 is 0 Å². The summed E-state index contributed by atoms with van der Waals surface area (Å²) in [5, 5.41) is 11.9. The predicted octanol–water partition coefficient (Wildman–Crippen LogP) is 2.23. The summed E-state index contributed by atoms with van der Waals surface area (Å²) in [7, 11) is 0. The van der Waals surface area contributed by atoms with Crippen molar-refractivity contribution in [1.82, 2.24) is 5.32 Å². The van der Waals surface area contributed by atoms with Crippen molar-refractivity contribution >= 4 is 0 Å². The first-order valence-electron chi connectivity index (χ1n) is 4.91. The summed E-state index contributed by atoms with van der Waals surface area (Å²) in [6.45, 7) is 4.60. The van der Waals surface area contributed by atoms with E-state index in [1.165, 1.54) is 5.56 Å². The summed E-state index contributed by atoms with van der Waals surface area (Å²) < 4.78 is 0. The third kappa shape index (κ3) is 3.46. The van der Waals surface area contributed by atoms with Gasteiger partial charge in [0.25, 0.3) is 0 Å². The Labute approximate surface area is 90.9 Å². The predicted molar refractivity (Wildman–Crippen MR) is 61.0 cm³/mol. The molecule has 0 heterocycles. The molecule has 0 bridgehead atoms. The van der Waals surface area contributed by atoms with Crippen LogP contribution >= 0.6 is 0 Å². The van der Waals surface area contributed by atoms with E-state index in [2.05, 4.69) is 30.2 Å². The Morgan fingerprint density at radius 1 is 1.33 bits per heavy atom. The molecule has 15 heavy (non-hydrogen) atoms. The molecule has 1 aromatic carbocycles. The second kappa shape index (κ2) is 5.86. The molecular weight excluding hydrogens is 184 g/mol. The van der Waals surface area contributed by atoms with Crippen LogP contribution in [0.2, 0.25) is 0 Å². The fraction of sp³-hybridized carbons (Fsp3) is 0.308. The van der Waals surface area contributed by atoms with Gasteiger partial charge in [0, 0.05) is 6.04 Å². The zero-order chi connectivity index (χ0) is 11.1. The number of hydrogen-bond donors (Lipinski definition) is 1. The smallest absolute Gasteiger partial charge is 0.0991 e. The summed E-state index contributed by atoms with van der Waals surface area (Å²) in [5.41, 5.74) is 1.87. The normalized spacial score (nSPS) is 11.0. The van der Waals surface area contributed by atoms with E-state index in [1.807, 2.05) is 31.2 Å². The molecule has 0 fully saturated rings. The summed E-state index contributed by atoms with van der Waals surface area (Å²) >= 11 is 0. The molecule has 1 N–H and O–H groups in total. The van der Waals surface area contributed by atoms with Crippen molar-refractivity contribution in [2.45, 2.75) is 19.9 Å². The molecule has 0 amide bonds. The molecule has 2 heteroatoms. The third-order valence-electron chi connectivity index (χ3n) is 2.21. The van der Waals surface area contributed by atoms with Gasteiger partial charge in [-0.05, 0) is 31.5 Å². The van der Waals surface area contributed by atoms with E-state index in [1.54, 1.807) is 0 Å². The van der Waals surface area contributed by atoms with Crippen molar-refractivity contribution in [3.05, 3.63) is 35.4 Å². The highest BCUT2D eigenvalue weighted by Crippen LogP contribution is 2.12. The maximum atomic E-state index is 8.66. The summed E-state index contributed by atoms with van der Waals surface area (Å²) in [6, 6.07) is 9.97. The molecular formula is C13H14N2. The standard InChI is InChI=1S/C13H14N2/c1-3-4-9-15-11(2)13-7-5-12(10-14)6-8-13/h5-8,11,15H,9H2,1-2H3. The maximum absolute atomic E-state index is 8.66. The molecule has 1 unspecified atom stereocenters. The average Bonchev–Trinajstić information content (AvgIpc) is 2.29. The number of benzene rings is 1. The van der Waals surface area contributed by atoms with E-state index in [-0.39, 0.29) is 6.04 Å². The van der Waals surface area contributed by atoms with Crippen molar-refractivity contribution in [3.63, 3.8) is 0 Å². The van der Waals surface area contributed by atoms with Crippen molar-refractivity contribution in [1.29, 1.82) is 5.26 Å². The average molecular weight is 198 g/mol. The van der Waals surface area contributed by atoms with Crippen molar-refractivity contribution in [3.8, 4) is 17.9 Å². The highest BCUT2D eigenvalue weighted by molar-refractivity contribution is 5.32. The molecule has 0 radical (unpaired) electrons. The van der Waals surface area contributed by atoms with Gasteiger partial charge < -0.3 is 0 Å². The zero-order valence-corrected chi connectivity index (χ0v) is 9.04. The topological polar surface area (TPSA) is 35.8 Å². The maximum Gasteiger partial charge on any atom is 0.0991 e. The lowest BCUT2D eigenvalue weighted by atomic mass is 10.1. The van der Waals surface area contributed by atoms with Gasteiger partial charge in [0.1, 0.15) is 0 Å². The van der Waals surface area contributed by atoms with Gasteiger partial charge in [-0.3, -0.25) is 5.32 Å². The molecule has 0 saturated heterocycles. The largest absolute Gasteiger partial charge is 0.300 e. The first-order chi connectivity index (χ1) is 7.27. The SMILES string of the molecule is CC#CCNC(C)c1ccc(C#N)cc1. The van der Waals surface area contributed by atoms with Gasteiger partial charge in [0.2, 0.25) is 0 Å². The first kappa shape index (κ1) is 11.3. The fourth-order valence-electron chi connectivity index (χ4n) is 1.26. The highest BCUT2D eigenvalue weighted by Gasteiger charge is 2.02. The number of rotatable bonds is 3. The van der Waals surface area contributed by atoms with Crippen LogP contribution in [-0.4, -0.2) is 6.54 Å². The van der Waals surface area contributed by atoms with Crippen molar-refractivity contribution in [2.75, 3.05) is 6.54 Å². The van der Waals surface area contributed by atoms with Crippen LogP contribution in [0.1, 0.15) is 31.0 Å². The Morgan fingerprint density at radius 3 is 2.53 bits per heavy atom. The lowest BCUT2D eigenvalue weighted by Gasteiger charge is -2.11. The minimum Gasteiger partial charge on any atom is -0.300 e. The highest BCUT2D eigenvalue weighted by atomic mass is 14.9. The molecule has 0 aromatic heterocycles. The molecule has 2 nitrogen and oxygen atoms in total. The molecule has 0 aliphatic rings. The van der Waals surface area contributed by atoms with Crippen LogP contribution in [0.3, 0.4) is 0 Å². The lowest BCUT2D eigenvalue weighted by Crippen LogP contribution is -2.18. The molecule has 76 valence electrons. The number of nitrogens with zero attached hydrogens (tertiary/aromatic N) is 1. The minimum atomic E-state index is 0.263.